The van der Waals surface area contributed by atoms with Gasteiger partial charge in [0.05, 0.1) is 29.8 Å². The molecule has 0 bridgehead atoms. The summed E-state index contributed by atoms with van der Waals surface area (Å²) < 4.78 is 4.82. The second-order valence-electron chi connectivity index (χ2n) is 8.11. The Balaban J connectivity index is 1.49. The molecule has 0 fully saturated rings. The second-order valence-corrected chi connectivity index (χ2v) is 9.39. The summed E-state index contributed by atoms with van der Waals surface area (Å²) in [7, 11) is 1.27. The molecule has 3 heterocycles. The van der Waals surface area contributed by atoms with Gasteiger partial charge in [0.15, 0.2) is 0 Å². The number of imide groups is 1. The van der Waals surface area contributed by atoms with Crippen LogP contribution in [0.15, 0.2) is 47.8 Å². The van der Waals surface area contributed by atoms with Crippen LogP contribution in [-0.4, -0.2) is 31.4 Å². The molecular formula is C25H21ClN2O4S. The van der Waals surface area contributed by atoms with E-state index in [1.165, 1.54) is 18.4 Å². The molecule has 0 aliphatic carbocycles. The van der Waals surface area contributed by atoms with Gasteiger partial charge in [-0.05, 0) is 53.1 Å². The summed E-state index contributed by atoms with van der Waals surface area (Å²) in [5, 5.41) is 1.97. The topological polar surface area (TPSA) is 66.9 Å². The van der Waals surface area contributed by atoms with E-state index < -0.39 is 11.9 Å². The Bertz CT molecular complexity index is 1290. The Kier molecular flexibility index (Phi) is 5.68. The molecule has 0 unspecified atom stereocenters. The number of hydrogen-bond donors (Lipinski definition) is 0. The summed E-state index contributed by atoms with van der Waals surface area (Å²) in [6.07, 6.45) is 2.15. The normalized spacial score (nSPS) is 15.3. The van der Waals surface area contributed by atoms with Crippen LogP contribution in [0.2, 0.25) is 5.02 Å². The number of esters is 1. The Hall–Kier alpha value is -3.16. The minimum Gasteiger partial charge on any atom is -0.465 e. The summed E-state index contributed by atoms with van der Waals surface area (Å²) in [5.74, 6) is -1.51. The number of amides is 2. The zero-order valence-corrected chi connectivity index (χ0v) is 19.5. The van der Waals surface area contributed by atoms with E-state index >= 15 is 0 Å². The number of fused-ring (bicyclic) bond motifs is 2. The lowest BCUT2D eigenvalue weighted by molar-refractivity contribution is -0.117. The number of anilines is 2. The van der Waals surface area contributed by atoms with E-state index in [0.717, 1.165) is 41.2 Å². The maximum Gasteiger partial charge on any atom is 0.348 e. The molecule has 0 atom stereocenters. The van der Waals surface area contributed by atoms with Crippen LogP contribution in [0.3, 0.4) is 0 Å². The van der Waals surface area contributed by atoms with E-state index in [0.29, 0.717) is 22.8 Å². The average molecular weight is 481 g/mol. The zero-order chi connectivity index (χ0) is 23.1. The Labute approximate surface area is 200 Å². The third kappa shape index (κ3) is 3.81. The van der Waals surface area contributed by atoms with E-state index in [2.05, 4.69) is 23.1 Å². The highest BCUT2D eigenvalue weighted by atomic mass is 35.5. The lowest BCUT2D eigenvalue weighted by Crippen LogP contribution is -2.43. The van der Waals surface area contributed by atoms with Crippen LogP contribution in [-0.2, 0) is 28.9 Å². The standard InChI is InChI=1S/C25H21ClN2O4S/c1-32-25(31)23-22-17(14-33-23)12-21(29)28(24(22)30)20-11-15(8-9-18(20)26)13-27-10-4-6-16-5-2-3-7-19(16)27/h2-3,5,7-9,11,14H,4,6,10,12-13H2,1H3. The summed E-state index contributed by atoms with van der Waals surface area (Å²) >= 11 is 7.58. The highest BCUT2D eigenvalue weighted by Gasteiger charge is 2.38. The molecule has 6 nitrogen and oxygen atoms in total. The summed E-state index contributed by atoms with van der Waals surface area (Å²) in [4.78, 5) is 42.1. The van der Waals surface area contributed by atoms with Crippen LogP contribution in [0, 0.1) is 0 Å². The fourth-order valence-electron chi connectivity index (χ4n) is 4.54. The van der Waals surface area contributed by atoms with Crippen LogP contribution in [0.4, 0.5) is 11.4 Å². The first-order valence-corrected chi connectivity index (χ1v) is 11.9. The van der Waals surface area contributed by atoms with E-state index in [1.807, 2.05) is 12.1 Å². The van der Waals surface area contributed by atoms with Gasteiger partial charge in [-0.1, -0.05) is 35.9 Å². The number of halogens is 1. The molecule has 8 heteroatoms. The van der Waals surface area contributed by atoms with Gasteiger partial charge in [0, 0.05) is 18.8 Å². The maximum absolute atomic E-state index is 13.4. The SMILES string of the molecule is COC(=O)c1scc2c1C(=O)N(c1cc(CN3CCCc4ccccc43)ccc1Cl)C(=O)C2. The number of ether oxygens (including phenoxy) is 1. The number of para-hydroxylation sites is 1. The first kappa shape index (κ1) is 21.7. The average Bonchev–Trinajstić information content (AvgIpc) is 3.25. The molecule has 2 aliphatic rings. The molecule has 1 aromatic heterocycles. The van der Waals surface area contributed by atoms with Crippen molar-refractivity contribution in [1.29, 1.82) is 0 Å². The first-order valence-electron chi connectivity index (χ1n) is 10.6. The number of aryl methyl sites for hydroxylation is 1. The van der Waals surface area contributed by atoms with E-state index in [4.69, 9.17) is 16.3 Å². The van der Waals surface area contributed by atoms with Gasteiger partial charge in [0.1, 0.15) is 4.88 Å². The molecule has 0 N–H and O–H groups in total. The molecule has 33 heavy (non-hydrogen) atoms. The van der Waals surface area contributed by atoms with Crippen LogP contribution in [0.25, 0.3) is 0 Å². The smallest absolute Gasteiger partial charge is 0.348 e. The van der Waals surface area contributed by atoms with Crippen LogP contribution in [0.5, 0.6) is 0 Å². The van der Waals surface area contributed by atoms with Crippen LogP contribution < -0.4 is 9.80 Å². The van der Waals surface area contributed by atoms with Gasteiger partial charge >= 0.3 is 5.97 Å². The lowest BCUT2D eigenvalue weighted by atomic mass is 9.99. The van der Waals surface area contributed by atoms with Crippen molar-refractivity contribution >= 4 is 52.1 Å². The number of methoxy groups -OCH3 is 1. The quantitative estimate of drug-likeness (QED) is 0.393. The van der Waals surface area contributed by atoms with Crippen molar-refractivity contribution in [2.45, 2.75) is 25.8 Å². The third-order valence-corrected chi connectivity index (χ3v) is 7.41. The number of nitrogens with zero attached hydrogens (tertiary/aromatic N) is 2. The Morgan fingerprint density at radius 1 is 1.12 bits per heavy atom. The van der Waals surface area contributed by atoms with Crippen molar-refractivity contribution in [3.8, 4) is 0 Å². The molecule has 0 radical (unpaired) electrons. The molecule has 3 aromatic rings. The first-order chi connectivity index (χ1) is 16.0. The molecule has 0 saturated heterocycles. The second kappa shape index (κ2) is 8.65. The van der Waals surface area contributed by atoms with E-state index in [9.17, 15) is 14.4 Å². The third-order valence-electron chi connectivity index (χ3n) is 6.08. The number of hydrogen-bond acceptors (Lipinski definition) is 6. The monoisotopic (exact) mass is 480 g/mol. The van der Waals surface area contributed by atoms with Crippen molar-refractivity contribution in [3.05, 3.63) is 80.0 Å². The van der Waals surface area contributed by atoms with Gasteiger partial charge in [0.2, 0.25) is 5.91 Å². The molecule has 168 valence electrons. The number of rotatable bonds is 4. The molecule has 0 saturated carbocycles. The number of carbonyl (C=O) groups excluding carboxylic acids is 3. The van der Waals surface area contributed by atoms with Crippen LogP contribution in [0.1, 0.15) is 43.1 Å². The number of thiophene rings is 1. The molecular weight excluding hydrogens is 460 g/mol. The summed E-state index contributed by atoms with van der Waals surface area (Å²) in [6, 6.07) is 13.8. The number of carbonyl (C=O) groups is 3. The van der Waals surface area contributed by atoms with Crippen molar-refractivity contribution in [2.75, 3.05) is 23.5 Å². The van der Waals surface area contributed by atoms with Crippen LogP contribution >= 0.6 is 22.9 Å². The van der Waals surface area contributed by atoms with Gasteiger partial charge in [-0.3, -0.25) is 9.59 Å². The number of benzene rings is 2. The zero-order valence-electron chi connectivity index (χ0n) is 18.0. The summed E-state index contributed by atoms with van der Waals surface area (Å²) in [5.41, 5.74) is 4.57. The van der Waals surface area contributed by atoms with Crippen molar-refractivity contribution in [2.24, 2.45) is 0 Å². The van der Waals surface area contributed by atoms with Gasteiger partial charge in [-0.25, -0.2) is 9.69 Å². The maximum atomic E-state index is 13.4. The fraction of sp³-hybridized carbons (Fsp3) is 0.240. The van der Waals surface area contributed by atoms with E-state index in [1.54, 1.807) is 17.5 Å². The molecule has 2 aliphatic heterocycles. The Morgan fingerprint density at radius 3 is 2.76 bits per heavy atom. The van der Waals surface area contributed by atoms with Gasteiger partial charge in [-0.2, -0.15) is 0 Å². The molecule has 2 amide bonds. The van der Waals surface area contributed by atoms with Crippen molar-refractivity contribution < 1.29 is 19.1 Å². The Morgan fingerprint density at radius 2 is 1.94 bits per heavy atom. The highest BCUT2D eigenvalue weighted by molar-refractivity contribution is 7.12. The highest BCUT2D eigenvalue weighted by Crippen LogP contribution is 2.36. The molecule has 0 spiro atoms. The van der Waals surface area contributed by atoms with Gasteiger partial charge in [-0.15, -0.1) is 11.3 Å². The molecule has 2 aromatic carbocycles. The molecule has 5 rings (SSSR count). The predicted octanol–water partition coefficient (Wildman–Crippen LogP) is 4.87. The lowest BCUT2D eigenvalue weighted by Gasteiger charge is -2.32. The minimum atomic E-state index is -0.590. The van der Waals surface area contributed by atoms with Gasteiger partial charge < -0.3 is 9.64 Å². The minimum absolute atomic E-state index is 0.0224. The van der Waals surface area contributed by atoms with Crippen molar-refractivity contribution in [3.63, 3.8) is 0 Å². The van der Waals surface area contributed by atoms with Gasteiger partial charge in [0.25, 0.3) is 5.91 Å². The van der Waals surface area contributed by atoms with E-state index in [-0.39, 0.29) is 22.8 Å². The summed E-state index contributed by atoms with van der Waals surface area (Å²) in [6.45, 7) is 1.56. The van der Waals surface area contributed by atoms with Crippen molar-refractivity contribution in [1.82, 2.24) is 0 Å². The largest absolute Gasteiger partial charge is 0.465 e. The fourth-order valence-corrected chi connectivity index (χ4v) is 5.72. The predicted molar refractivity (Wildman–Crippen MR) is 128 cm³/mol.